The molecule has 1 unspecified atom stereocenters. The van der Waals surface area contributed by atoms with Gasteiger partial charge in [-0.25, -0.2) is 0 Å². The molecule has 160 valence electrons. The van der Waals surface area contributed by atoms with E-state index in [-0.39, 0.29) is 5.91 Å². The maximum Gasteiger partial charge on any atom is 0.251 e. The van der Waals surface area contributed by atoms with E-state index in [9.17, 15) is 4.79 Å². The van der Waals surface area contributed by atoms with Crippen LogP contribution in [0.1, 0.15) is 56.8 Å². The molecular formula is C25H33N3OS. The zero-order chi connectivity index (χ0) is 21.1. The Morgan fingerprint density at radius 1 is 1.07 bits per heavy atom. The minimum Gasteiger partial charge on any atom is -0.352 e. The van der Waals surface area contributed by atoms with E-state index in [1.165, 1.54) is 28.3 Å². The highest BCUT2D eigenvalue weighted by Gasteiger charge is 2.33. The number of anilines is 2. The number of carbonyl (C=O) groups excluding carboxylic acids is 1. The van der Waals surface area contributed by atoms with Crippen LogP contribution in [0.15, 0.2) is 52.3 Å². The standard InChI is InChI=1S/C25H33N3OS/c1-4-24(27-15-7-8-16-27)28-20-9-5-6-10-22(20)30-23-12-11-19(17-21(23)28)25(29)26-14-13-18(2)3/h5-6,9-12,17-18,24H,4,7-8,13-16H2,1-3H3,(H,26,29). The molecule has 30 heavy (non-hydrogen) atoms. The Labute approximate surface area is 185 Å². The molecule has 1 saturated heterocycles. The van der Waals surface area contributed by atoms with Crippen LogP contribution in [0.25, 0.3) is 0 Å². The molecule has 0 spiro atoms. The lowest BCUT2D eigenvalue weighted by Gasteiger charge is -2.42. The summed E-state index contributed by atoms with van der Waals surface area (Å²) in [6.07, 6.45) is 4.90. The van der Waals surface area contributed by atoms with E-state index in [0.29, 0.717) is 12.1 Å². The van der Waals surface area contributed by atoms with Gasteiger partial charge in [-0.15, -0.1) is 0 Å². The number of amides is 1. The maximum atomic E-state index is 12.8. The fourth-order valence-electron chi connectivity index (χ4n) is 4.47. The van der Waals surface area contributed by atoms with Gasteiger partial charge in [0.2, 0.25) is 0 Å². The Hall–Kier alpha value is -1.98. The Morgan fingerprint density at radius 3 is 2.53 bits per heavy atom. The van der Waals surface area contributed by atoms with Crippen LogP contribution in [-0.4, -0.2) is 36.6 Å². The molecule has 0 saturated carbocycles. The summed E-state index contributed by atoms with van der Waals surface area (Å²) >= 11 is 1.81. The van der Waals surface area contributed by atoms with Crippen molar-refractivity contribution in [3.8, 4) is 0 Å². The van der Waals surface area contributed by atoms with Crippen molar-refractivity contribution in [1.29, 1.82) is 0 Å². The minimum absolute atomic E-state index is 0.0245. The average Bonchev–Trinajstić information content (AvgIpc) is 3.27. The topological polar surface area (TPSA) is 35.6 Å². The Balaban J connectivity index is 1.68. The number of para-hydroxylation sites is 1. The van der Waals surface area contributed by atoms with Crippen molar-refractivity contribution in [3.63, 3.8) is 0 Å². The molecular weight excluding hydrogens is 390 g/mol. The Morgan fingerprint density at radius 2 is 1.80 bits per heavy atom. The van der Waals surface area contributed by atoms with Gasteiger partial charge in [0, 0.05) is 35.0 Å². The molecule has 2 heterocycles. The third kappa shape index (κ3) is 4.37. The number of benzene rings is 2. The van der Waals surface area contributed by atoms with E-state index >= 15 is 0 Å². The number of nitrogens with zero attached hydrogens (tertiary/aromatic N) is 2. The quantitative estimate of drug-likeness (QED) is 0.602. The van der Waals surface area contributed by atoms with Crippen molar-refractivity contribution in [1.82, 2.24) is 10.2 Å². The van der Waals surface area contributed by atoms with Crippen molar-refractivity contribution < 1.29 is 4.79 Å². The summed E-state index contributed by atoms with van der Waals surface area (Å²) in [5, 5.41) is 3.09. The first-order valence-corrected chi connectivity index (χ1v) is 12.1. The highest BCUT2D eigenvalue weighted by atomic mass is 32.2. The molecule has 4 rings (SSSR count). The van der Waals surface area contributed by atoms with Crippen LogP contribution in [0.3, 0.4) is 0 Å². The maximum absolute atomic E-state index is 12.8. The van der Waals surface area contributed by atoms with E-state index in [4.69, 9.17) is 0 Å². The first-order chi connectivity index (χ1) is 14.6. The van der Waals surface area contributed by atoms with E-state index in [1.807, 2.05) is 6.07 Å². The zero-order valence-electron chi connectivity index (χ0n) is 18.4. The highest BCUT2D eigenvalue weighted by Crippen LogP contribution is 2.50. The number of hydrogen-bond acceptors (Lipinski definition) is 4. The number of nitrogens with one attached hydrogen (secondary N) is 1. The Bertz CT molecular complexity index is 892. The molecule has 1 N–H and O–H groups in total. The average molecular weight is 424 g/mol. The van der Waals surface area contributed by atoms with Gasteiger partial charge in [-0.1, -0.05) is 44.7 Å². The number of hydrogen-bond donors (Lipinski definition) is 1. The predicted octanol–water partition coefficient (Wildman–Crippen LogP) is 5.90. The van der Waals surface area contributed by atoms with Crippen LogP contribution >= 0.6 is 11.8 Å². The van der Waals surface area contributed by atoms with Gasteiger partial charge in [0.1, 0.15) is 0 Å². The second-order valence-electron chi connectivity index (χ2n) is 8.69. The number of carbonyl (C=O) groups is 1. The van der Waals surface area contributed by atoms with E-state index in [1.54, 1.807) is 11.8 Å². The van der Waals surface area contributed by atoms with Crippen LogP contribution in [-0.2, 0) is 0 Å². The summed E-state index contributed by atoms with van der Waals surface area (Å²) in [5.74, 6) is 0.611. The molecule has 1 fully saturated rings. The molecule has 0 aliphatic carbocycles. The van der Waals surface area contributed by atoms with Crippen LogP contribution < -0.4 is 10.2 Å². The van der Waals surface area contributed by atoms with Crippen molar-refractivity contribution in [2.24, 2.45) is 5.92 Å². The molecule has 2 aliphatic rings. The van der Waals surface area contributed by atoms with E-state index in [2.05, 4.69) is 72.3 Å². The van der Waals surface area contributed by atoms with Gasteiger partial charge >= 0.3 is 0 Å². The molecule has 1 amide bonds. The third-order valence-corrected chi connectivity index (χ3v) is 7.19. The van der Waals surface area contributed by atoms with Gasteiger partial charge < -0.3 is 10.2 Å². The highest BCUT2D eigenvalue weighted by molar-refractivity contribution is 7.99. The molecule has 0 aromatic heterocycles. The zero-order valence-corrected chi connectivity index (χ0v) is 19.2. The van der Waals surface area contributed by atoms with Crippen LogP contribution in [0, 0.1) is 5.92 Å². The lowest BCUT2D eigenvalue weighted by atomic mass is 10.1. The molecule has 2 aromatic carbocycles. The predicted molar refractivity (Wildman–Crippen MR) is 126 cm³/mol. The molecule has 0 radical (unpaired) electrons. The Kier molecular flexibility index (Phi) is 6.69. The second-order valence-corrected chi connectivity index (χ2v) is 9.78. The molecule has 1 atom stereocenters. The van der Waals surface area contributed by atoms with Gasteiger partial charge in [-0.05, 0) is 61.9 Å². The fourth-order valence-corrected chi connectivity index (χ4v) is 5.52. The largest absolute Gasteiger partial charge is 0.352 e. The number of fused-ring (bicyclic) bond motifs is 2. The van der Waals surface area contributed by atoms with Crippen molar-refractivity contribution in [3.05, 3.63) is 48.0 Å². The summed E-state index contributed by atoms with van der Waals surface area (Å²) in [6, 6.07) is 14.9. The summed E-state index contributed by atoms with van der Waals surface area (Å²) in [4.78, 5) is 20.4. The van der Waals surface area contributed by atoms with Gasteiger partial charge in [0.05, 0.1) is 17.5 Å². The first kappa shape index (κ1) is 21.3. The smallest absolute Gasteiger partial charge is 0.251 e. The van der Waals surface area contributed by atoms with E-state index < -0.39 is 0 Å². The van der Waals surface area contributed by atoms with Gasteiger partial charge in [-0.3, -0.25) is 9.69 Å². The monoisotopic (exact) mass is 423 g/mol. The molecule has 5 heteroatoms. The SMILES string of the molecule is CCC(N1CCCC1)N1c2ccccc2Sc2ccc(C(=O)NCCC(C)C)cc21. The van der Waals surface area contributed by atoms with Crippen LogP contribution in [0.4, 0.5) is 11.4 Å². The summed E-state index contributed by atoms with van der Waals surface area (Å²) < 4.78 is 0. The van der Waals surface area contributed by atoms with Crippen LogP contribution in [0.5, 0.6) is 0 Å². The van der Waals surface area contributed by atoms with Crippen LogP contribution in [0.2, 0.25) is 0 Å². The summed E-state index contributed by atoms with van der Waals surface area (Å²) in [5.41, 5.74) is 3.17. The number of likely N-dealkylation sites (tertiary alicyclic amines) is 1. The normalized spacial score (nSPS) is 17.0. The van der Waals surface area contributed by atoms with Crippen molar-refractivity contribution >= 4 is 29.0 Å². The minimum atomic E-state index is 0.0245. The molecule has 0 bridgehead atoms. The van der Waals surface area contributed by atoms with Gasteiger partial charge in [0.15, 0.2) is 0 Å². The van der Waals surface area contributed by atoms with Crippen molar-refractivity contribution in [2.75, 3.05) is 24.5 Å². The van der Waals surface area contributed by atoms with Gasteiger partial charge in [-0.2, -0.15) is 0 Å². The molecule has 2 aromatic rings. The fraction of sp³-hybridized carbons (Fsp3) is 0.480. The second kappa shape index (κ2) is 9.44. The summed E-state index contributed by atoms with van der Waals surface area (Å²) in [6.45, 7) is 9.65. The summed E-state index contributed by atoms with van der Waals surface area (Å²) in [7, 11) is 0. The lowest BCUT2D eigenvalue weighted by molar-refractivity contribution is 0.0952. The third-order valence-electron chi connectivity index (χ3n) is 6.06. The number of rotatable bonds is 7. The molecule has 2 aliphatic heterocycles. The molecule has 4 nitrogen and oxygen atoms in total. The van der Waals surface area contributed by atoms with Crippen molar-refractivity contribution in [2.45, 2.75) is 62.4 Å². The van der Waals surface area contributed by atoms with Gasteiger partial charge in [0.25, 0.3) is 5.91 Å². The lowest BCUT2D eigenvalue weighted by Crippen LogP contribution is -2.45. The van der Waals surface area contributed by atoms with E-state index in [0.717, 1.165) is 43.7 Å². The first-order valence-electron chi connectivity index (χ1n) is 11.3.